The van der Waals surface area contributed by atoms with Crippen LogP contribution in [-0.4, -0.2) is 72.0 Å². The zero-order chi connectivity index (χ0) is 25.2. The van der Waals surface area contributed by atoms with E-state index in [0.717, 1.165) is 23.1 Å². The molecule has 2 aliphatic rings. The van der Waals surface area contributed by atoms with E-state index < -0.39 is 23.6 Å². The Morgan fingerprint density at radius 3 is 2.14 bits per heavy atom. The SMILES string of the molecule is O=C(c1ccc(NC2=CC(=O)N(CCO)C2=O)cc1)N1CCN(c2ccc(C(F)(F)F)cc2)CC1. The second-order valence-electron chi connectivity index (χ2n) is 8.10. The lowest BCUT2D eigenvalue weighted by atomic mass is 10.1. The predicted molar refractivity (Wildman–Crippen MR) is 122 cm³/mol. The summed E-state index contributed by atoms with van der Waals surface area (Å²) in [7, 11) is 0. The van der Waals surface area contributed by atoms with Crippen molar-refractivity contribution in [2.45, 2.75) is 6.18 Å². The second-order valence-corrected chi connectivity index (χ2v) is 8.10. The van der Waals surface area contributed by atoms with Crippen LogP contribution in [0.3, 0.4) is 0 Å². The Hall–Kier alpha value is -3.86. The van der Waals surface area contributed by atoms with Gasteiger partial charge in [-0.15, -0.1) is 0 Å². The molecule has 1 saturated heterocycles. The average molecular weight is 488 g/mol. The number of halogens is 3. The lowest BCUT2D eigenvalue weighted by Gasteiger charge is -2.36. The lowest BCUT2D eigenvalue weighted by molar-refractivity contribution is -0.138. The maximum Gasteiger partial charge on any atom is 0.416 e. The number of hydrogen-bond donors (Lipinski definition) is 2. The summed E-state index contributed by atoms with van der Waals surface area (Å²) in [6.45, 7) is 1.41. The highest BCUT2D eigenvalue weighted by Crippen LogP contribution is 2.30. The van der Waals surface area contributed by atoms with Gasteiger partial charge in [0, 0.05) is 49.2 Å². The molecule has 2 aromatic rings. The van der Waals surface area contributed by atoms with Gasteiger partial charge < -0.3 is 20.2 Å². The van der Waals surface area contributed by atoms with Gasteiger partial charge in [0.15, 0.2) is 0 Å². The highest BCUT2D eigenvalue weighted by molar-refractivity contribution is 6.17. The van der Waals surface area contributed by atoms with Crippen LogP contribution < -0.4 is 10.2 Å². The minimum atomic E-state index is -4.38. The van der Waals surface area contributed by atoms with Gasteiger partial charge in [0.1, 0.15) is 5.70 Å². The Labute approximate surface area is 199 Å². The number of piperazine rings is 1. The van der Waals surface area contributed by atoms with Crippen LogP contribution in [0.15, 0.2) is 60.3 Å². The highest BCUT2D eigenvalue weighted by Gasteiger charge is 2.31. The minimum Gasteiger partial charge on any atom is -0.395 e. The van der Waals surface area contributed by atoms with Gasteiger partial charge >= 0.3 is 6.18 Å². The number of aliphatic hydroxyl groups excluding tert-OH is 1. The number of imide groups is 1. The fourth-order valence-electron chi connectivity index (χ4n) is 3.97. The van der Waals surface area contributed by atoms with Crippen molar-refractivity contribution in [3.63, 3.8) is 0 Å². The molecule has 0 saturated carbocycles. The fraction of sp³-hybridized carbons (Fsp3) is 0.292. The van der Waals surface area contributed by atoms with Gasteiger partial charge in [-0.25, -0.2) is 0 Å². The van der Waals surface area contributed by atoms with Gasteiger partial charge in [-0.3, -0.25) is 19.3 Å². The van der Waals surface area contributed by atoms with Crippen LogP contribution >= 0.6 is 0 Å². The smallest absolute Gasteiger partial charge is 0.395 e. The zero-order valence-corrected chi connectivity index (χ0v) is 18.6. The molecule has 3 amide bonds. The van der Waals surface area contributed by atoms with E-state index >= 15 is 0 Å². The van der Waals surface area contributed by atoms with E-state index in [0.29, 0.717) is 43.1 Å². The Bertz CT molecular complexity index is 1140. The van der Waals surface area contributed by atoms with Crippen molar-refractivity contribution in [1.29, 1.82) is 0 Å². The first-order valence-corrected chi connectivity index (χ1v) is 10.9. The molecule has 2 N–H and O–H groups in total. The molecular weight excluding hydrogens is 465 g/mol. The first kappa shape index (κ1) is 24.3. The summed E-state index contributed by atoms with van der Waals surface area (Å²) < 4.78 is 38.3. The third-order valence-corrected chi connectivity index (χ3v) is 5.87. The molecule has 0 unspecified atom stereocenters. The predicted octanol–water partition coefficient (Wildman–Crippen LogP) is 2.32. The van der Waals surface area contributed by atoms with Crippen molar-refractivity contribution in [2.24, 2.45) is 0 Å². The van der Waals surface area contributed by atoms with E-state index in [1.165, 1.54) is 12.1 Å². The Morgan fingerprint density at radius 2 is 1.57 bits per heavy atom. The largest absolute Gasteiger partial charge is 0.416 e. The molecule has 8 nitrogen and oxygen atoms in total. The Kier molecular flexibility index (Phi) is 6.79. The van der Waals surface area contributed by atoms with Gasteiger partial charge in [0.25, 0.3) is 17.7 Å². The van der Waals surface area contributed by atoms with Crippen LogP contribution in [-0.2, 0) is 15.8 Å². The van der Waals surface area contributed by atoms with E-state index in [9.17, 15) is 27.6 Å². The number of anilines is 2. The van der Waals surface area contributed by atoms with E-state index in [1.54, 1.807) is 29.2 Å². The molecule has 2 heterocycles. The van der Waals surface area contributed by atoms with Crippen molar-refractivity contribution in [2.75, 3.05) is 49.5 Å². The number of alkyl halides is 3. The number of nitrogens with zero attached hydrogens (tertiary/aromatic N) is 3. The first-order valence-electron chi connectivity index (χ1n) is 10.9. The van der Waals surface area contributed by atoms with Crippen LogP contribution in [0.1, 0.15) is 15.9 Å². The number of carbonyl (C=O) groups excluding carboxylic acids is 3. The van der Waals surface area contributed by atoms with E-state index in [-0.39, 0.29) is 24.8 Å². The molecule has 35 heavy (non-hydrogen) atoms. The maximum atomic E-state index is 12.9. The van der Waals surface area contributed by atoms with Crippen LogP contribution in [0.5, 0.6) is 0 Å². The molecule has 1 fully saturated rings. The number of nitrogens with one attached hydrogen (secondary N) is 1. The average Bonchev–Trinajstić information content (AvgIpc) is 3.11. The molecule has 0 atom stereocenters. The third kappa shape index (κ3) is 5.29. The summed E-state index contributed by atoms with van der Waals surface area (Å²) in [5.74, 6) is -1.21. The number of amides is 3. The summed E-state index contributed by atoms with van der Waals surface area (Å²) in [5.41, 5.74) is 1.03. The molecular formula is C24H23F3N4O4. The van der Waals surface area contributed by atoms with Crippen molar-refractivity contribution < 1.29 is 32.7 Å². The van der Waals surface area contributed by atoms with Crippen molar-refractivity contribution in [3.8, 4) is 0 Å². The summed E-state index contributed by atoms with van der Waals surface area (Å²) in [6, 6.07) is 11.5. The molecule has 4 rings (SSSR count). The topological polar surface area (TPSA) is 93.2 Å². The summed E-state index contributed by atoms with van der Waals surface area (Å²) in [5, 5.41) is 11.8. The van der Waals surface area contributed by atoms with Crippen molar-refractivity contribution >= 4 is 29.1 Å². The van der Waals surface area contributed by atoms with E-state index in [1.807, 2.05) is 4.90 Å². The molecule has 0 aliphatic carbocycles. The summed E-state index contributed by atoms with van der Waals surface area (Å²) >= 11 is 0. The minimum absolute atomic E-state index is 0.0844. The monoisotopic (exact) mass is 488 g/mol. The fourth-order valence-corrected chi connectivity index (χ4v) is 3.97. The first-order chi connectivity index (χ1) is 16.7. The maximum absolute atomic E-state index is 12.9. The molecule has 11 heteroatoms. The van der Waals surface area contributed by atoms with E-state index in [4.69, 9.17) is 5.11 Å². The highest BCUT2D eigenvalue weighted by atomic mass is 19.4. The number of rotatable bonds is 6. The molecule has 0 radical (unpaired) electrons. The molecule has 2 aliphatic heterocycles. The molecule has 2 aromatic carbocycles. The van der Waals surface area contributed by atoms with Gasteiger partial charge in [-0.05, 0) is 48.5 Å². The summed E-state index contributed by atoms with van der Waals surface area (Å²) in [6.07, 6.45) is -3.22. The number of hydrogen-bond acceptors (Lipinski definition) is 6. The molecule has 0 aromatic heterocycles. The number of benzene rings is 2. The molecule has 184 valence electrons. The summed E-state index contributed by atoms with van der Waals surface area (Å²) in [4.78, 5) is 41.5. The zero-order valence-electron chi connectivity index (χ0n) is 18.6. The van der Waals surface area contributed by atoms with Crippen LogP contribution in [0, 0.1) is 0 Å². The molecule has 0 spiro atoms. The third-order valence-electron chi connectivity index (χ3n) is 5.87. The van der Waals surface area contributed by atoms with E-state index in [2.05, 4.69) is 5.32 Å². The second kappa shape index (κ2) is 9.79. The van der Waals surface area contributed by atoms with Crippen molar-refractivity contribution in [1.82, 2.24) is 9.80 Å². The number of aliphatic hydroxyl groups is 1. The van der Waals surface area contributed by atoms with Gasteiger partial charge in [-0.1, -0.05) is 0 Å². The van der Waals surface area contributed by atoms with Gasteiger partial charge in [0.2, 0.25) is 0 Å². The Morgan fingerprint density at radius 1 is 0.943 bits per heavy atom. The van der Waals surface area contributed by atoms with Crippen LogP contribution in [0.4, 0.5) is 24.5 Å². The standard InChI is InChI=1S/C24H23F3N4O4/c25-24(26,27)17-3-7-19(8-4-17)29-9-11-30(12-10-29)22(34)16-1-5-18(6-2-16)28-20-15-21(33)31(13-14-32)23(20)35/h1-8,15,28,32H,9-14H2. The van der Waals surface area contributed by atoms with Crippen molar-refractivity contribution in [3.05, 3.63) is 71.4 Å². The van der Waals surface area contributed by atoms with Gasteiger partial charge in [-0.2, -0.15) is 13.2 Å². The van der Waals surface area contributed by atoms with Gasteiger partial charge in [0.05, 0.1) is 18.7 Å². The normalized spacial score (nSPS) is 16.6. The van der Waals surface area contributed by atoms with Crippen LogP contribution in [0.2, 0.25) is 0 Å². The lowest BCUT2D eigenvalue weighted by Crippen LogP contribution is -2.48. The number of carbonyl (C=O) groups is 3. The number of β-amino-alcohol motifs (C(OH)–C–C–N with tert-alkyl or cyclic N) is 1. The quantitative estimate of drug-likeness (QED) is 0.607. The van der Waals surface area contributed by atoms with Crippen LogP contribution in [0.25, 0.3) is 0 Å². The molecule has 0 bridgehead atoms. The Balaban J connectivity index is 1.32.